The number of hydrogen-bond acceptors (Lipinski definition) is 5. The molecule has 0 aliphatic rings. The second-order valence-corrected chi connectivity index (χ2v) is 3.63. The lowest BCUT2D eigenvalue weighted by Gasteiger charge is -2.17. The van der Waals surface area contributed by atoms with Crippen molar-refractivity contribution in [3.05, 3.63) is 23.0 Å². The molecule has 0 radical (unpaired) electrons. The van der Waals surface area contributed by atoms with Gasteiger partial charge >= 0.3 is 5.97 Å². The Labute approximate surface area is 96.3 Å². The number of anilines is 1. The molecule has 16 heavy (non-hydrogen) atoms. The number of halogens is 1. The van der Waals surface area contributed by atoms with Gasteiger partial charge in [-0.3, -0.25) is 4.79 Å². The summed E-state index contributed by atoms with van der Waals surface area (Å²) in [5.74, 6) is -1.22. The summed E-state index contributed by atoms with van der Waals surface area (Å²) in [4.78, 5) is 14.0. The number of aliphatic carboxylic acids is 1. The largest absolute Gasteiger partial charge is 0.481 e. The Kier molecular flexibility index (Phi) is 4.05. The molecule has 0 saturated heterocycles. The molecule has 7 heteroatoms. The van der Waals surface area contributed by atoms with E-state index in [-0.39, 0.29) is 16.4 Å². The zero-order valence-corrected chi connectivity index (χ0v) is 8.92. The van der Waals surface area contributed by atoms with Gasteiger partial charge in [-0.25, -0.2) is 4.98 Å². The first-order valence-corrected chi connectivity index (χ1v) is 4.78. The van der Waals surface area contributed by atoms with Crippen LogP contribution < -0.4 is 5.73 Å². The smallest absolute Gasteiger partial charge is 0.306 e. The van der Waals surface area contributed by atoms with Gasteiger partial charge in [-0.2, -0.15) is 0 Å². The van der Waals surface area contributed by atoms with Gasteiger partial charge in [-0.1, -0.05) is 11.6 Å². The van der Waals surface area contributed by atoms with Crippen LogP contribution >= 0.6 is 11.6 Å². The Balaban J connectivity index is 2.87. The Morgan fingerprint density at radius 3 is 2.69 bits per heavy atom. The molecule has 0 aliphatic heterocycles. The summed E-state index contributed by atoms with van der Waals surface area (Å²) < 4.78 is 0. The first-order chi connectivity index (χ1) is 7.41. The molecule has 0 aliphatic carbocycles. The van der Waals surface area contributed by atoms with Gasteiger partial charge < -0.3 is 21.1 Å². The predicted molar refractivity (Wildman–Crippen MR) is 56.9 cm³/mol. The molecule has 1 rings (SSSR count). The van der Waals surface area contributed by atoms with Crippen LogP contribution in [0.2, 0.25) is 5.15 Å². The van der Waals surface area contributed by atoms with Crippen molar-refractivity contribution in [3.63, 3.8) is 0 Å². The van der Waals surface area contributed by atoms with Crippen molar-refractivity contribution in [2.24, 2.45) is 0 Å². The van der Waals surface area contributed by atoms with Crippen LogP contribution in [-0.4, -0.2) is 32.4 Å². The van der Waals surface area contributed by atoms with Crippen LogP contribution in [0.25, 0.3) is 0 Å². The summed E-state index contributed by atoms with van der Waals surface area (Å²) in [7, 11) is 0. The average Bonchev–Trinajstić information content (AvgIpc) is 2.15. The number of aliphatic hydroxyl groups is 2. The van der Waals surface area contributed by atoms with Crippen molar-refractivity contribution in [2.75, 3.05) is 5.73 Å². The molecule has 0 amide bonds. The standard InChI is InChI=1S/C9H11ClN2O4/c10-7-1-5(11)4(3-12-7)9(16)6(13)2-8(14)15/h1,3,6,9,13,16H,2H2,(H2,11,12)(H,14,15). The first kappa shape index (κ1) is 12.7. The summed E-state index contributed by atoms with van der Waals surface area (Å²) in [6.45, 7) is 0. The lowest BCUT2D eigenvalue weighted by atomic mass is 10.0. The van der Waals surface area contributed by atoms with Gasteiger partial charge in [-0.05, 0) is 6.07 Å². The maximum atomic E-state index is 10.3. The number of carboxylic acids is 1. The zero-order chi connectivity index (χ0) is 12.3. The summed E-state index contributed by atoms with van der Waals surface area (Å²) in [6, 6.07) is 1.31. The van der Waals surface area contributed by atoms with Crippen molar-refractivity contribution < 1.29 is 20.1 Å². The van der Waals surface area contributed by atoms with E-state index in [4.69, 9.17) is 22.4 Å². The van der Waals surface area contributed by atoms with E-state index >= 15 is 0 Å². The number of aromatic nitrogens is 1. The molecule has 0 saturated carbocycles. The second kappa shape index (κ2) is 5.11. The van der Waals surface area contributed by atoms with Crippen molar-refractivity contribution in [3.8, 4) is 0 Å². The summed E-state index contributed by atoms with van der Waals surface area (Å²) in [6.07, 6.45) is -2.22. The number of rotatable bonds is 4. The first-order valence-electron chi connectivity index (χ1n) is 4.40. The molecule has 88 valence electrons. The lowest BCUT2D eigenvalue weighted by molar-refractivity contribution is -0.141. The molecule has 0 fully saturated rings. The van der Waals surface area contributed by atoms with E-state index in [0.29, 0.717) is 0 Å². The molecule has 0 aromatic carbocycles. The monoisotopic (exact) mass is 246 g/mol. The molecule has 5 N–H and O–H groups in total. The van der Waals surface area contributed by atoms with Crippen LogP contribution in [-0.2, 0) is 4.79 Å². The highest BCUT2D eigenvalue weighted by Gasteiger charge is 2.23. The SMILES string of the molecule is Nc1cc(Cl)ncc1C(O)C(O)CC(=O)O. The number of hydrogen-bond donors (Lipinski definition) is 4. The molecule has 2 unspecified atom stereocenters. The zero-order valence-electron chi connectivity index (χ0n) is 8.17. The highest BCUT2D eigenvalue weighted by Crippen LogP contribution is 2.25. The van der Waals surface area contributed by atoms with Gasteiger partial charge in [0, 0.05) is 17.4 Å². The Hall–Kier alpha value is -1.37. The van der Waals surface area contributed by atoms with Crippen molar-refractivity contribution in [2.45, 2.75) is 18.6 Å². The summed E-state index contributed by atoms with van der Waals surface area (Å²) in [5, 5.41) is 27.6. The summed E-state index contributed by atoms with van der Waals surface area (Å²) >= 11 is 5.56. The molecule has 0 spiro atoms. The third-order valence-electron chi connectivity index (χ3n) is 2.00. The van der Waals surface area contributed by atoms with Crippen LogP contribution in [0, 0.1) is 0 Å². The topological polar surface area (TPSA) is 117 Å². The molecule has 6 nitrogen and oxygen atoms in total. The average molecular weight is 247 g/mol. The highest BCUT2D eigenvalue weighted by atomic mass is 35.5. The molecule has 1 aromatic rings. The highest BCUT2D eigenvalue weighted by molar-refractivity contribution is 6.29. The minimum atomic E-state index is -1.44. The van der Waals surface area contributed by atoms with Crippen LogP contribution in [0.5, 0.6) is 0 Å². The Bertz CT molecular complexity index is 399. The number of carboxylic acid groups (broad SMARTS) is 1. The van der Waals surface area contributed by atoms with Gasteiger partial charge in [0.15, 0.2) is 0 Å². The molecular weight excluding hydrogens is 236 g/mol. The number of aliphatic hydroxyl groups excluding tert-OH is 2. The van der Waals surface area contributed by atoms with Gasteiger partial charge in [0.2, 0.25) is 0 Å². The van der Waals surface area contributed by atoms with Crippen molar-refractivity contribution >= 4 is 23.3 Å². The van der Waals surface area contributed by atoms with Crippen molar-refractivity contribution in [1.82, 2.24) is 4.98 Å². The van der Waals surface area contributed by atoms with E-state index in [0.717, 1.165) is 0 Å². The number of nitrogen functional groups attached to an aromatic ring is 1. The number of pyridine rings is 1. The van der Waals surface area contributed by atoms with Gasteiger partial charge in [-0.15, -0.1) is 0 Å². The number of carbonyl (C=O) groups is 1. The van der Waals surface area contributed by atoms with Gasteiger partial charge in [0.05, 0.1) is 12.5 Å². The Morgan fingerprint density at radius 2 is 2.19 bits per heavy atom. The lowest BCUT2D eigenvalue weighted by Crippen LogP contribution is -2.22. The van der Waals surface area contributed by atoms with E-state index in [1.54, 1.807) is 0 Å². The minimum absolute atomic E-state index is 0.150. The third-order valence-corrected chi connectivity index (χ3v) is 2.21. The molecule has 0 bridgehead atoms. The van der Waals surface area contributed by atoms with Crippen LogP contribution in [0.1, 0.15) is 18.1 Å². The van der Waals surface area contributed by atoms with E-state index in [1.807, 2.05) is 0 Å². The third kappa shape index (κ3) is 3.06. The number of nitrogens with two attached hydrogens (primary N) is 1. The molecule has 1 aromatic heterocycles. The molecular formula is C9H11ClN2O4. The fraction of sp³-hybridized carbons (Fsp3) is 0.333. The Morgan fingerprint density at radius 1 is 1.56 bits per heavy atom. The van der Waals surface area contributed by atoms with Crippen molar-refractivity contribution in [1.29, 1.82) is 0 Å². The second-order valence-electron chi connectivity index (χ2n) is 3.25. The van der Waals surface area contributed by atoms with E-state index in [1.165, 1.54) is 12.3 Å². The normalized spacial score (nSPS) is 14.4. The van der Waals surface area contributed by atoms with E-state index in [9.17, 15) is 15.0 Å². The number of nitrogens with zero attached hydrogens (tertiary/aromatic N) is 1. The van der Waals surface area contributed by atoms with Crippen LogP contribution in [0.3, 0.4) is 0 Å². The molecule has 1 heterocycles. The maximum Gasteiger partial charge on any atom is 0.306 e. The summed E-state index contributed by atoms with van der Waals surface area (Å²) in [5.41, 5.74) is 5.85. The van der Waals surface area contributed by atoms with Gasteiger partial charge in [0.1, 0.15) is 11.3 Å². The van der Waals surface area contributed by atoms with Crippen LogP contribution in [0.15, 0.2) is 12.3 Å². The van der Waals surface area contributed by atoms with Gasteiger partial charge in [0.25, 0.3) is 0 Å². The maximum absolute atomic E-state index is 10.3. The van der Waals surface area contributed by atoms with E-state index < -0.39 is 24.6 Å². The fourth-order valence-corrected chi connectivity index (χ4v) is 1.37. The minimum Gasteiger partial charge on any atom is -0.481 e. The predicted octanol–water partition coefficient (Wildman–Crippen LogP) is 0.186. The quantitative estimate of drug-likeness (QED) is 0.564. The fourth-order valence-electron chi connectivity index (χ4n) is 1.20. The van der Waals surface area contributed by atoms with E-state index in [2.05, 4.69) is 4.98 Å². The van der Waals surface area contributed by atoms with Crippen LogP contribution in [0.4, 0.5) is 5.69 Å². The molecule has 2 atom stereocenters.